The average Bonchev–Trinajstić information content (AvgIpc) is 2.90. The molecule has 1 heterocycles. The molecule has 3 N–H and O–H groups in total. The summed E-state index contributed by atoms with van der Waals surface area (Å²) in [5.74, 6) is 1.62. The van der Waals surface area contributed by atoms with Gasteiger partial charge >= 0.3 is 6.03 Å². The van der Waals surface area contributed by atoms with Crippen LogP contribution in [0.4, 0.5) is 4.79 Å². The highest BCUT2D eigenvalue weighted by Crippen LogP contribution is 2.27. The Hall–Kier alpha value is -0.910. The lowest BCUT2D eigenvalue weighted by Crippen LogP contribution is -2.47. The predicted molar refractivity (Wildman–Crippen MR) is 87.9 cm³/mol. The maximum Gasteiger partial charge on any atom is 0.315 e. The summed E-state index contributed by atoms with van der Waals surface area (Å²) in [5.41, 5.74) is 0.218. The molecule has 1 aliphatic rings. The third kappa shape index (κ3) is 4.80. The van der Waals surface area contributed by atoms with E-state index in [9.17, 15) is 9.90 Å². The van der Waals surface area contributed by atoms with Crippen molar-refractivity contribution in [2.75, 3.05) is 18.1 Å². The second kappa shape index (κ2) is 7.38. The number of aliphatic hydroxyl groups is 1. The number of urea groups is 1. The first-order valence-corrected chi connectivity index (χ1v) is 8.66. The Kier molecular flexibility index (Phi) is 5.79. The van der Waals surface area contributed by atoms with E-state index in [1.165, 1.54) is 0 Å². The van der Waals surface area contributed by atoms with Crippen molar-refractivity contribution in [1.82, 2.24) is 10.6 Å². The molecule has 1 aliphatic heterocycles. The van der Waals surface area contributed by atoms with Gasteiger partial charge in [0.25, 0.3) is 0 Å². The van der Waals surface area contributed by atoms with Gasteiger partial charge in [-0.1, -0.05) is 30.7 Å². The quantitative estimate of drug-likeness (QED) is 0.778. The molecule has 1 aromatic rings. The van der Waals surface area contributed by atoms with Crippen molar-refractivity contribution in [2.24, 2.45) is 0 Å². The summed E-state index contributed by atoms with van der Waals surface area (Å²) in [5, 5.41) is 16.6. The zero-order valence-electron chi connectivity index (χ0n) is 12.1. The predicted octanol–water partition coefficient (Wildman–Crippen LogP) is 2.96. The first-order valence-electron chi connectivity index (χ1n) is 7.12. The number of amides is 2. The summed E-state index contributed by atoms with van der Waals surface area (Å²) in [6, 6.07) is 7.14. The van der Waals surface area contributed by atoms with Gasteiger partial charge in [-0.15, -0.1) is 0 Å². The van der Waals surface area contributed by atoms with Crippen molar-refractivity contribution in [3.05, 3.63) is 34.9 Å². The number of carbonyl (C=O) groups is 1. The molecule has 0 aliphatic carbocycles. The van der Waals surface area contributed by atoms with Crippen LogP contribution in [0.3, 0.4) is 0 Å². The second-order valence-corrected chi connectivity index (χ2v) is 6.91. The van der Waals surface area contributed by atoms with Crippen LogP contribution >= 0.6 is 23.4 Å². The number of benzene rings is 1. The molecule has 1 fully saturated rings. The fourth-order valence-electron chi connectivity index (χ4n) is 2.33. The van der Waals surface area contributed by atoms with E-state index in [0.29, 0.717) is 10.8 Å². The molecule has 2 atom stereocenters. The second-order valence-electron chi connectivity index (χ2n) is 5.37. The minimum atomic E-state index is -0.764. The molecule has 1 aromatic carbocycles. The molecule has 1 saturated heterocycles. The Morgan fingerprint density at radius 2 is 2.38 bits per heavy atom. The average molecular weight is 329 g/mol. The smallest absolute Gasteiger partial charge is 0.315 e. The summed E-state index contributed by atoms with van der Waals surface area (Å²) in [6.45, 7) is 2.30. The van der Waals surface area contributed by atoms with Crippen molar-refractivity contribution in [1.29, 1.82) is 0 Å². The number of hydrogen-bond donors (Lipinski definition) is 3. The van der Waals surface area contributed by atoms with Crippen LogP contribution in [-0.4, -0.2) is 34.8 Å². The number of hydrogen-bond acceptors (Lipinski definition) is 3. The minimum Gasteiger partial charge on any atom is -0.387 e. The van der Waals surface area contributed by atoms with E-state index < -0.39 is 5.60 Å². The highest BCUT2D eigenvalue weighted by atomic mass is 35.5. The maximum absolute atomic E-state index is 12.0. The molecule has 21 heavy (non-hydrogen) atoms. The first kappa shape index (κ1) is 16.5. The van der Waals surface area contributed by atoms with Gasteiger partial charge in [-0.3, -0.25) is 0 Å². The van der Waals surface area contributed by atoms with Gasteiger partial charge in [-0.2, -0.15) is 11.8 Å². The minimum absolute atomic E-state index is 0.0868. The van der Waals surface area contributed by atoms with Gasteiger partial charge in [0.15, 0.2) is 0 Å². The molecule has 0 spiro atoms. The molecule has 116 valence electrons. The molecule has 0 bridgehead atoms. The van der Waals surface area contributed by atoms with Gasteiger partial charge in [0.05, 0.1) is 11.6 Å². The van der Waals surface area contributed by atoms with Crippen molar-refractivity contribution >= 4 is 29.4 Å². The summed E-state index contributed by atoms with van der Waals surface area (Å²) < 4.78 is 0. The fraction of sp³-hybridized carbons (Fsp3) is 0.533. The van der Waals surface area contributed by atoms with Crippen LogP contribution in [0.2, 0.25) is 5.02 Å². The van der Waals surface area contributed by atoms with Crippen LogP contribution in [0, 0.1) is 0 Å². The summed E-state index contributed by atoms with van der Waals surface area (Å²) >= 11 is 7.70. The molecule has 0 aromatic heterocycles. The largest absolute Gasteiger partial charge is 0.387 e. The van der Waals surface area contributed by atoms with Crippen LogP contribution in [0.25, 0.3) is 0 Å². The Balaban J connectivity index is 1.88. The monoisotopic (exact) mass is 328 g/mol. The van der Waals surface area contributed by atoms with E-state index in [4.69, 9.17) is 11.6 Å². The Morgan fingerprint density at radius 1 is 1.57 bits per heavy atom. The Bertz CT molecular complexity index is 492. The standard InChI is InChI=1S/C15H21ClN2O2S/c1-2-13(11-4-3-5-12(16)8-11)18-14(19)17-9-15(20)6-7-21-10-15/h3-5,8,13,20H,2,6-7,9-10H2,1H3,(H2,17,18,19). The summed E-state index contributed by atoms with van der Waals surface area (Å²) in [4.78, 5) is 12.0. The molecule has 2 rings (SSSR count). The lowest BCUT2D eigenvalue weighted by molar-refractivity contribution is 0.0698. The van der Waals surface area contributed by atoms with Crippen molar-refractivity contribution in [3.8, 4) is 0 Å². The van der Waals surface area contributed by atoms with E-state index in [-0.39, 0.29) is 18.6 Å². The van der Waals surface area contributed by atoms with Crippen molar-refractivity contribution in [2.45, 2.75) is 31.4 Å². The van der Waals surface area contributed by atoms with Gasteiger partial charge in [0, 0.05) is 17.3 Å². The zero-order chi connectivity index (χ0) is 15.3. The molecule has 6 heteroatoms. The van der Waals surface area contributed by atoms with Gasteiger partial charge in [-0.25, -0.2) is 4.79 Å². The molecule has 0 saturated carbocycles. The summed E-state index contributed by atoms with van der Waals surface area (Å²) in [7, 11) is 0. The molecular formula is C15H21ClN2O2S. The number of halogens is 1. The van der Waals surface area contributed by atoms with E-state index in [1.54, 1.807) is 11.8 Å². The highest BCUT2D eigenvalue weighted by Gasteiger charge is 2.32. The van der Waals surface area contributed by atoms with Crippen LogP contribution in [-0.2, 0) is 0 Å². The maximum atomic E-state index is 12.0. The van der Waals surface area contributed by atoms with Crippen LogP contribution in [0.1, 0.15) is 31.4 Å². The van der Waals surface area contributed by atoms with E-state index in [0.717, 1.165) is 24.2 Å². The van der Waals surface area contributed by atoms with Crippen LogP contribution in [0.15, 0.2) is 24.3 Å². The third-order valence-electron chi connectivity index (χ3n) is 3.63. The number of carbonyl (C=O) groups excluding carboxylic acids is 1. The molecular weight excluding hydrogens is 308 g/mol. The zero-order valence-corrected chi connectivity index (χ0v) is 13.6. The first-order chi connectivity index (χ1) is 10.0. The normalized spacial score (nSPS) is 22.8. The lowest BCUT2D eigenvalue weighted by Gasteiger charge is -2.23. The topological polar surface area (TPSA) is 61.4 Å². The lowest BCUT2D eigenvalue weighted by atomic mass is 10.0. The summed E-state index contributed by atoms with van der Waals surface area (Å²) in [6.07, 6.45) is 1.50. The van der Waals surface area contributed by atoms with Crippen LogP contribution in [0.5, 0.6) is 0 Å². The number of rotatable bonds is 5. The van der Waals surface area contributed by atoms with E-state index in [1.807, 2.05) is 31.2 Å². The molecule has 2 unspecified atom stereocenters. The SMILES string of the molecule is CCC(NC(=O)NCC1(O)CCSC1)c1cccc(Cl)c1. The van der Waals surface area contributed by atoms with Crippen molar-refractivity contribution < 1.29 is 9.90 Å². The number of thioether (sulfide) groups is 1. The number of nitrogens with one attached hydrogen (secondary N) is 2. The van der Waals surface area contributed by atoms with Gasteiger partial charge in [0.1, 0.15) is 0 Å². The fourth-order valence-corrected chi connectivity index (χ4v) is 3.83. The Morgan fingerprint density at radius 3 is 3.00 bits per heavy atom. The third-order valence-corrected chi connectivity index (χ3v) is 5.09. The molecule has 4 nitrogen and oxygen atoms in total. The molecule has 2 amide bonds. The van der Waals surface area contributed by atoms with E-state index in [2.05, 4.69) is 10.6 Å². The van der Waals surface area contributed by atoms with Gasteiger partial charge in [-0.05, 0) is 36.3 Å². The van der Waals surface area contributed by atoms with Gasteiger partial charge < -0.3 is 15.7 Å². The molecule has 0 radical (unpaired) electrons. The van der Waals surface area contributed by atoms with E-state index >= 15 is 0 Å². The van der Waals surface area contributed by atoms with Crippen molar-refractivity contribution in [3.63, 3.8) is 0 Å². The Labute approximate surface area is 134 Å². The highest BCUT2D eigenvalue weighted by molar-refractivity contribution is 7.99. The van der Waals surface area contributed by atoms with Gasteiger partial charge in [0.2, 0.25) is 0 Å². The van der Waals surface area contributed by atoms with Crippen LogP contribution < -0.4 is 10.6 Å².